The Labute approximate surface area is 101 Å². The molecule has 88 valence electrons. The summed E-state index contributed by atoms with van der Waals surface area (Å²) in [4.78, 5) is 0. The SMILES string of the molecule is NC(Nc1ccccc1)N(N)c1ccccc1. The van der Waals surface area contributed by atoms with Crippen LogP contribution in [0.25, 0.3) is 0 Å². The second kappa shape index (κ2) is 5.34. The molecule has 0 aliphatic heterocycles. The summed E-state index contributed by atoms with van der Waals surface area (Å²) < 4.78 is 0. The van der Waals surface area contributed by atoms with Crippen LogP contribution in [0.4, 0.5) is 11.4 Å². The highest BCUT2D eigenvalue weighted by Gasteiger charge is 2.09. The predicted octanol–water partition coefficient (Wildman–Crippen LogP) is 1.72. The van der Waals surface area contributed by atoms with Gasteiger partial charge in [0.05, 0.1) is 5.69 Å². The van der Waals surface area contributed by atoms with Crippen LogP contribution in [0.1, 0.15) is 0 Å². The smallest absolute Gasteiger partial charge is 0.166 e. The summed E-state index contributed by atoms with van der Waals surface area (Å²) >= 11 is 0. The van der Waals surface area contributed by atoms with Gasteiger partial charge in [-0.05, 0) is 24.3 Å². The summed E-state index contributed by atoms with van der Waals surface area (Å²) in [5.41, 5.74) is 7.77. The largest absolute Gasteiger partial charge is 0.352 e. The molecule has 0 saturated carbocycles. The molecule has 5 N–H and O–H groups in total. The van der Waals surface area contributed by atoms with Gasteiger partial charge in [0.1, 0.15) is 0 Å². The first kappa shape index (κ1) is 11.4. The summed E-state index contributed by atoms with van der Waals surface area (Å²) in [5.74, 6) is 5.93. The molecule has 0 saturated heterocycles. The highest BCUT2D eigenvalue weighted by atomic mass is 15.5. The van der Waals surface area contributed by atoms with Crippen molar-refractivity contribution in [3.8, 4) is 0 Å². The van der Waals surface area contributed by atoms with Gasteiger partial charge in [-0.15, -0.1) is 0 Å². The topological polar surface area (TPSA) is 67.3 Å². The molecule has 2 aromatic rings. The first-order valence-electron chi connectivity index (χ1n) is 5.43. The molecule has 4 heteroatoms. The van der Waals surface area contributed by atoms with Crippen LogP contribution >= 0.6 is 0 Å². The highest BCUT2D eigenvalue weighted by molar-refractivity contribution is 5.49. The summed E-state index contributed by atoms with van der Waals surface area (Å²) in [7, 11) is 0. The lowest BCUT2D eigenvalue weighted by Gasteiger charge is -2.27. The zero-order valence-corrected chi connectivity index (χ0v) is 9.45. The minimum Gasteiger partial charge on any atom is -0.352 e. The Hall–Kier alpha value is -2.04. The molecule has 4 nitrogen and oxygen atoms in total. The number of hydrogen-bond acceptors (Lipinski definition) is 4. The number of nitrogens with two attached hydrogens (primary N) is 2. The van der Waals surface area contributed by atoms with E-state index in [4.69, 9.17) is 11.6 Å². The van der Waals surface area contributed by atoms with E-state index in [0.29, 0.717) is 0 Å². The summed E-state index contributed by atoms with van der Waals surface area (Å²) in [6.45, 7) is 0. The zero-order valence-electron chi connectivity index (χ0n) is 9.45. The summed E-state index contributed by atoms with van der Waals surface area (Å²) in [6, 6.07) is 19.3. The number of hydrazine groups is 1. The van der Waals surface area contributed by atoms with Crippen molar-refractivity contribution < 1.29 is 0 Å². The molecule has 0 amide bonds. The van der Waals surface area contributed by atoms with Crippen molar-refractivity contribution in [2.75, 3.05) is 10.3 Å². The number of hydrogen-bond donors (Lipinski definition) is 3. The first-order chi connectivity index (χ1) is 8.27. The molecule has 0 spiro atoms. The van der Waals surface area contributed by atoms with Gasteiger partial charge in [-0.2, -0.15) is 0 Å². The van der Waals surface area contributed by atoms with E-state index < -0.39 is 6.29 Å². The van der Waals surface area contributed by atoms with Crippen molar-refractivity contribution in [1.82, 2.24) is 0 Å². The molecule has 0 heterocycles. The Balaban J connectivity index is 2.03. The molecule has 0 aromatic heterocycles. The van der Waals surface area contributed by atoms with Crippen molar-refractivity contribution >= 4 is 11.4 Å². The summed E-state index contributed by atoms with van der Waals surface area (Å²) in [5, 5.41) is 4.61. The Morgan fingerprint density at radius 1 is 0.882 bits per heavy atom. The van der Waals surface area contributed by atoms with Crippen LogP contribution in [-0.4, -0.2) is 6.29 Å². The fraction of sp³-hybridized carbons (Fsp3) is 0.0769. The van der Waals surface area contributed by atoms with Crippen molar-refractivity contribution in [3.63, 3.8) is 0 Å². The Morgan fingerprint density at radius 3 is 2.00 bits per heavy atom. The van der Waals surface area contributed by atoms with Crippen molar-refractivity contribution in [2.45, 2.75) is 6.29 Å². The van der Waals surface area contributed by atoms with E-state index in [1.54, 1.807) is 0 Å². The Bertz CT molecular complexity index is 443. The summed E-state index contributed by atoms with van der Waals surface area (Å²) in [6.07, 6.45) is -0.472. The van der Waals surface area contributed by atoms with E-state index in [1.807, 2.05) is 60.7 Å². The van der Waals surface area contributed by atoms with Gasteiger partial charge in [0.2, 0.25) is 0 Å². The first-order valence-corrected chi connectivity index (χ1v) is 5.43. The van der Waals surface area contributed by atoms with Crippen LogP contribution in [0.5, 0.6) is 0 Å². The van der Waals surface area contributed by atoms with Crippen molar-refractivity contribution in [3.05, 3.63) is 60.7 Å². The molecular weight excluding hydrogens is 212 g/mol. The second-order valence-corrected chi connectivity index (χ2v) is 3.70. The third-order valence-corrected chi connectivity index (χ3v) is 2.44. The fourth-order valence-corrected chi connectivity index (χ4v) is 1.54. The van der Waals surface area contributed by atoms with Gasteiger partial charge >= 0.3 is 0 Å². The molecule has 0 aliphatic rings. The predicted molar refractivity (Wildman–Crippen MR) is 71.1 cm³/mol. The van der Waals surface area contributed by atoms with Crippen LogP contribution in [0.15, 0.2) is 60.7 Å². The Kier molecular flexibility index (Phi) is 3.59. The fourth-order valence-electron chi connectivity index (χ4n) is 1.54. The van der Waals surface area contributed by atoms with Gasteiger partial charge in [0.25, 0.3) is 0 Å². The van der Waals surface area contributed by atoms with Crippen molar-refractivity contribution in [2.24, 2.45) is 11.6 Å². The Morgan fingerprint density at radius 2 is 1.41 bits per heavy atom. The lowest BCUT2D eigenvalue weighted by atomic mass is 10.3. The molecule has 0 radical (unpaired) electrons. The maximum Gasteiger partial charge on any atom is 0.166 e. The van der Waals surface area contributed by atoms with Crippen LogP contribution in [0, 0.1) is 0 Å². The normalized spacial score (nSPS) is 11.9. The molecule has 1 unspecified atom stereocenters. The lowest BCUT2D eigenvalue weighted by Crippen LogP contribution is -2.52. The van der Waals surface area contributed by atoms with Gasteiger partial charge < -0.3 is 5.32 Å². The number of nitrogens with one attached hydrogen (secondary N) is 1. The number of rotatable bonds is 4. The van der Waals surface area contributed by atoms with E-state index >= 15 is 0 Å². The molecular formula is C13H16N4. The average molecular weight is 228 g/mol. The van der Waals surface area contributed by atoms with Crippen LogP contribution in [-0.2, 0) is 0 Å². The van der Waals surface area contributed by atoms with E-state index in [-0.39, 0.29) is 0 Å². The average Bonchev–Trinajstić information content (AvgIpc) is 2.40. The van der Waals surface area contributed by atoms with Crippen LogP contribution in [0.2, 0.25) is 0 Å². The second-order valence-electron chi connectivity index (χ2n) is 3.70. The molecule has 0 fully saturated rings. The van der Waals surface area contributed by atoms with Crippen molar-refractivity contribution in [1.29, 1.82) is 0 Å². The monoisotopic (exact) mass is 228 g/mol. The van der Waals surface area contributed by atoms with Gasteiger partial charge in [-0.3, -0.25) is 10.7 Å². The standard InChI is InChI=1S/C13H16N4/c14-13(16-11-7-3-1-4-8-11)17(15)12-9-5-2-6-10-12/h1-10,13,16H,14-15H2. The zero-order chi connectivity index (χ0) is 12.1. The molecule has 2 rings (SSSR count). The van der Waals surface area contributed by atoms with E-state index in [0.717, 1.165) is 11.4 Å². The molecule has 0 aliphatic carbocycles. The highest BCUT2D eigenvalue weighted by Crippen LogP contribution is 2.12. The van der Waals surface area contributed by atoms with E-state index in [2.05, 4.69) is 5.32 Å². The molecule has 17 heavy (non-hydrogen) atoms. The number of benzene rings is 2. The van der Waals surface area contributed by atoms with Gasteiger partial charge in [0, 0.05) is 5.69 Å². The molecule has 2 aromatic carbocycles. The van der Waals surface area contributed by atoms with E-state index in [1.165, 1.54) is 5.01 Å². The van der Waals surface area contributed by atoms with Gasteiger partial charge in [-0.1, -0.05) is 36.4 Å². The molecule has 1 atom stereocenters. The number of para-hydroxylation sites is 2. The van der Waals surface area contributed by atoms with Gasteiger partial charge in [0.15, 0.2) is 6.29 Å². The van der Waals surface area contributed by atoms with Crippen LogP contribution < -0.4 is 21.9 Å². The minimum atomic E-state index is -0.472. The number of nitrogens with zero attached hydrogens (tertiary/aromatic N) is 1. The maximum atomic E-state index is 5.97. The lowest BCUT2D eigenvalue weighted by molar-refractivity contribution is 0.696. The van der Waals surface area contributed by atoms with E-state index in [9.17, 15) is 0 Å². The maximum absolute atomic E-state index is 5.97. The third kappa shape index (κ3) is 2.96. The van der Waals surface area contributed by atoms with Crippen LogP contribution in [0.3, 0.4) is 0 Å². The quantitative estimate of drug-likeness (QED) is 0.423. The minimum absolute atomic E-state index is 0.472. The number of anilines is 2. The van der Waals surface area contributed by atoms with Gasteiger partial charge in [-0.25, -0.2) is 5.84 Å². The molecule has 0 bridgehead atoms. The third-order valence-electron chi connectivity index (χ3n) is 2.44.